The van der Waals surface area contributed by atoms with Crippen LogP contribution >= 0.6 is 0 Å². The Morgan fingerprint density at radius 2 is 1.70 bits per heavy atom. The first-order valence-electron chi connectivity index (χ1n) is 13.5. The molecule has 6 rings (SSSR count). The first-order chi connectivity index (χ1) is 19.2. The molecule has 0 spiro atoms. The molecule has 2 amide bonds. The van der Waals surface area contributed by atoms with E-state index in [0.717, 1.165) is 41.5 Å². The van der Waals surface area contributed by atoms with Crippen molar-refractivity contribution >= 4 is 27.3 Å². The zero-order valence-corrected chi connectivity index (χ0v) is 23.3. The summed E-state index contributed by atoms with van der Waals surface area (Å²) in [4.78, 5) is 29.0. The zero-order chi connectivity index (χ0) is 28.0. The second-order valence-electron chi connectivity index (χ2n) is 10.6. The number of benzene rings is 4. The summed E-state index contributed by atoms with van der Waals surface area (Å²) in [5.41, 5.74) is 5.91. The van der Waals surface area contributed by atoms with Gasteiger partial charge in [0.05, 0.1) is 33.6 Å². The van der Waals surface area contributed by atoms with E-state index in [9.17, 15) is 18.0 Å². The molecular formula is C33H30N2O4S. The number of hydrogen-bond donors (Lipinski definition) is 1. The molecule has 1 atom stereocenters. The molecule has 7 heteroatoms. The van der Waals surface area contributed by atoms with E-state index in [-0.39, 0.29) is 39.5 Å². The van der Waals surface area contributed by atoms with Gasteiger partial charge in [0.2, 0.25) is 9.84 Å². The van der Waals surface area contributed by atoms with E-state index >= 15 is 0 Å². The highest BCUT2D eigenvalue weighted by molar-refractivity contribution is 7.91. The number of carbonyl (C=O) groups is 2. The molecule has 1 aliphatic carbocycles. The third-order valence-electron chi connectivity index (χ3n) is 7.96. The van der Waals surface area contributed by atoms with Crippen molar-refractivity contribution in [2.75, 3.05) is 4.90 Å². The van der Waals surface area contributed by atoms with Gasteiger partial charge in [-0.05, 0) is 85.7 Å². The number of nitrogens with zero attached hydrogens (tertiary/aromatic N) is 1. The van der Waals surface area contributed by atoms with Crippen LogP contribution in [-0.2, 0) is 22.8 Å². The molecule has 0 radical (unpaired) electrons. The minimum absolute atomic E-state index is 0.00988. The van der Waals surface area contributed by atoms with Crippen LogP contribution in [0.1, 0.15) is 67.4 Å². The average molecular weight is 551 g/mol. The van der Waals surface area contributed by atoms with Gasteiger partial charge in [0.15, 0.2) is 0 Å². The molecule has 0 unspecified atom stereocenters. The van der Waals surface area contributed by atoms with Crippen molar-refractivity contribution in [1.82, 2.24) is 5.32 Å². The van der Waals surface area contributed by atoms with E-state index in [1.54, 1.807) is 24.3 Å². The van der Waals surface area contributed by atoms with Crippen LogP contribution in [0.5, 0.6) is 0 Å². The van der Waals surface area contributed by atoms with E-state index in [0.29, 0.717) is 5.56 Å². The van der Waals surface area contributed by atoms with Crippen LogP contribution < -0.4 is 10.2 Å². The van der Waals surface area contributed by atoms with E-state index in [2.05, 4.69) is 11.4 Å². The van der Waals surface area contributed by atoms with Crippen LogP contribution in [0.3, 0.4) is 0 Å². The van der Waals surface area contributed by atoms with Crippen molar-refractivity contribution in [3.8, 4) is 0 Å². The van der Waals surface area contributed by atoms with Gasteiger partial charge in [-0.2, -0.15) is 0 Å². The SMILES string of the molecule is Cc1ccc(C)c(CN2C(=O)c3ccccc3S(=O)(=O)c3ccc(C(=O)N[C@@H]4CCCc5ccccc54)cc32)c1. The Kier molecular flexibility index (Phi) is 6.55. The molecule has 1 N–H and O–H groups in total. The minimum atomic E-state index is -4.02. The summed E-state index contributed by atoms with van der Waals surface area (Å²) in [5, 5.41) is 3.15. The fraction of sp³-hybridized carbons (Fsp3) is 0.212. The molecular weight excluding hydrogens is 520 g/mol. The average Bonchev–Trinajstić information content (AvgIpc) is 3.03. The second kappa shape index (κ2) is 10.1. The van der Waals surface area contributed by atoms with Gasteiger partial charge in [0, 0.05) is 5.56 Å². The molecule has 4 aromatic rings. The molecule has 0 saturated heterocycles. The highest BCUT2D eigenvalue weighted by Crippen LogP contribution is 2.39. The van der Waals surface area contributed by atoms with E-state index in [1.807, 2.05) is 50.2 Å². The maximum atomic E-state index is 14.0. The molecule has 0 saturated carbocycles. The summed E-state index contributed by atoms with van der Waals surface area (Å²) in [6, 6.07) is 24.8. The molecule has 40 heavy (non-hydrogen) atoms. The topological polar surface area (TPSA) is 83.6 Å². The van der Waals surface area contributed by atoms with Crippen LogP contribution in [0.25, 0.3) is 0 Å². The van der Waals surface area contributed by atoms with Crippen molar-refractivity contribution in [3.05, 3.63) is 124 Å². The van der Waals surface area contributed by atoms with Crippen LogP contribution in [0, 0.1) is 13.8 Å². The number of aryl methyl sites for hydroxylation is 3. The van der Waals surface area contributed by atoms with Gasteiger partial charge in [-0.1, -0.05) is 60.2 Å². The van der Waals surface area contributed by atoms with Gasteiger partial charge in [0.25, 0.3) is 11.8 Å². The van der Waals surface area contributed by atoms with Gasteiger partial charge in [-0.25, -0.2) is 8.42 Å². The van der Waals surface area contributed by atoms with Gasteiger partial charge >= 0.3 is 0 Å². The second-order valence-corrected chi connectivity index (χ2v) is 12.5. The highest BCUT2D eigenvalue weighted by Gasteiger charge is 2.36. The lowest BCUT2D eigenvalue weighted by Crippen LogP contribution is -2.32. The molecule has 0 aromatic heterocycles. The number of sulfone groups is 1. The number of carbonyl (C=O) groups excluding carboxylic acids is 2. The van der Waals surface area contributed by atoms with Crippen molar-refractivity contribution < 1.29 is 18.0 Å². The summed E-state index contributed by atoms with van der Waals surface area (Å²) in [7, 11) is -4.02. The van der Waals surface area contributed by atoms with Crippen LogP contribution in [0.2, 0.25) is 0 Å². The first kappa shape index (κ1) is 26.0. The number of amides is 2. The van der Waals surface area contributed by atoms with Crippen molar-refractivity contribution in [1.29, 1.82) is 0 Å². The summed E-state index contributed by atoms with van der Waals surface area (Å²) in [6.45, 7) is 4.12. The molecule has 0 bridgehead atoms. The third-order valence-corrected chi connectivity index (χ3v) is 9.82. The summed E-state index contributed by atoms with van der Waals surface area (Å²) in [6.07, 6.45) is 2.78. The van der Waals surface area contributed by atoms with E-state index < -0.39 is 15.7 Å². The highest BCUT2D eigenvalue weighted by atomic mass is 32.2. The zero-order valence-electron chi connectivity index (χ0n) is 22.5. The Bertz CT molecular complexity index is 1780. The number of fused-ring (bicyclic) bond motifs is 3. The van der Waals surface area contributed by atoms with Crippen LogP contribution in [0.15, 0.2) is 94.7 Å². The molecule has 4 aromatic carbocycles. The molecule has 6 nitrogen and oxygen atoms in total. The normalized spacial score (nSPS) is 17.3. The Morgan fingerprint density at radius 3 is 2.55 bits per heavy atom. The van der Waals surface area contributed by atoms with Crippen molar-refractivity contribution in [3.63, 3.8) is 0 Å². The predicted molar refractivity (Wildman–Crippen MR) is 154 cm³/mol. The van der Waals surface area contributed by atoms with E-state index in [4.69, 9.17) is 0 Å². The van der Waals surface area contributed by atoms with Crippen LogP contribution in [-0.4, -0.2) is 20.2 Å². The quantitative estimate of drug-likeness (QED) is 0.333. The lowest BCUT2D eigenvalue weighted by atomic mass is 9.87. The monoisotopic (exact) mass is 550 g/mol. The van der Waals surface area contributed by atoms with Crippen molar-refractivity contribution in [2.45, 2.75) is 55.5 Å². The van der Waals surface area contributed by atoms with Crippen LogP contribution in [0.4, 0.5) is 5.69 Å². The number of anilines is 1. The van der Waals surface area contributed by atoms with Gasteiger partial charge in [-0.3, -0.25) is 9.59 Å². The number of rotatable bonds is 4. The molecule has 2 aliphatic rings. The largest absolute Gasteiger partial charge is 0.345 e. The maximum Gasteiger partial charge on any atom is 0.259 e. The van der Waals surface area contributed by atoms with Gasteiger partial charge in [-0.15, -0.1) is 0 Å². The molecule has 1 aliphatic heterocycles. The maximum absolute atomic E-state index is 14.0. The molecule has 0 fully saturated rings. The fourth-order valence-corrected chi connectivity index (χ4v) is 7.42. The Balaban J connectivity index is 1.45. The summed E-state index contributed by atoms with van der Waals surface area (Å²) < 4.78 is 27.7. The Hall–Kier alpha value is -4.23. The predicted octanol–water partition coefficient (Wildman–Crippen LogP) is 6.10. The minimum Gasteiger partial charge on any atom is -0.345 e. The number of hydrogen-bond acceptors (Lipinski definition) is 4. The standard InChI is InChI=1S/C33H30N2O4S/c1-21-14-15-22(2)25(18-21)20-35-29-19-24(32(36)34-28-12-7-9-23-8-3-4-10-26(23)28)16-17-31(29)40(38,39)30-13-6-5-11-27(30)33(35)37/h3-6,8,10-11,13-19,28H,7,9,12,20H2,1-2H3,(H,34,36)/t28-/m1/s1. The van der Waals surface area contributed by atoms with Gasteiger partial charge in [0.1, 0.15) is 0 Å². The molecule has 1 heterocycles. The van der Waals surface area contributed by atoms with E-state index in [1.165, 1.54) is 28.7 Å². The third kappa shape index (κ3) is 4.50. The summed E-state index contributed by atoms with van der Waals surface area (Å²) in [5.74, 6) is -0.722. The fourth-order valence-electron chi connectivity index (χ4n) is 5.79. The Morgan fingerprint density at radius 1 is 0.925 bits per heavy atom. The van der Waals surface area contributed by atoms with Gasteiger partial charge < -0.3 is 10.2 Å². The molecule has 202 valence electrons. The lowest BCUT2D eigenvalue weighted by Gasteiger charge is -2.27. The Labute approximate surface area is 234 Å². The lowest BCUT2D eigenvalue weighted by molar-refractivity contribution is 0.0930. The first-order valence-corrected chi connectivity index (χ1v) is 15.0. The number of nitrogens with one attached hydrogen (secondary N) is 1. The van der Waals surface area contributed by atoms with Crippen molar-refractivity contribution in [2.24, 2.45) is 0 Å². The smallest absolute Gasteiger partial charge is 0.259 e. The summed E-state index contributed by atoms with van der Waals surface area (Å²) >= 11 is 0.